The average Bonchev–Trinajstić information content (AvgIpc) is 2.95. The van der Waals surface area contributed by atoms with Gasteiger partial charge < -0.3 is 0 Å². The Labute approximate surface area is 154 Å². The van der Waals surface area contributed by atoms with Crippen LogP contribution in [0.2, 0.25) is 0 Å². The Balaban J connectivity index is 1.80. The largest absolute Gasteiger partial charge is 0.289 e. The number of thioether (sulfide) groups is 2. The van der Waals surface area contributed by atoms with Gasteiger partial charge in [-0.05, 0) is 23.5 Å². The van der Waals surface area contributed by atoms with Gasteiger partial charge >= 0.3 is 0 Å². The van der Waals surface area contributed by atoms with E-state index >= 15 is 0 Å². The number of hydrogen-bond donors (Lipinski definition) is 0. The van der Waals surface area contributed by atoms with E-state index in [-0.39, 0.29) is 14.3 Å². The Morgan fingerprint density at radius 3 is 1.42 bits per heavy atom. The molecular weight excluding hydrogens is 380 g/mol. The highest BCUT2D eigenvalue weighted by Crippen LogP contribution is 2.39. The molecule has 0 N–H and O–H groups in total. The zero-order valence-corrected chi connectivity index (χ0v) is 15.4. The van der Waals surface area contributed by atoms with Crippen LogP contribution in [-0.4, -0.2) is 10.2 Å². The standard InChI is InChI=1S/C17H10O3S4/c18-13(11-7-3-1-4-8-11)21-15-16(24-17(20)23-15)22-14(19)12-9-5-2-6-10-12/h1-10H. The monoisotopic (exact) mass is 390 g/mol. The van der Waals surface area contributed by atoms with E-state index in [1.54, 1.807) is 48.5 Å². The molecule has 0 atom stereocenters. The SMILES string of the molecule is O=C(Sc1sc(=O)sc1SC(=O)c1ccccc1)c1ccccc1. The maximum Gasteiger partial charge on any atom is 0.289 e. The fraction of sp³-hybridized carbons (Fsp3) is 0. The Bertz CT molecular complexity index is 840. The van der Waals surface area contributed by atoms with E-state index in [1.165, 1.54) is 0 Å². The molecule has 0 spiro atoms. The second-order valence-electron chi connectivity index (χ2n) is 4.54. The third-order valence-electron chi connectivity index (χ3n) is 2.91. The summed E-state index contributed by atoms with van der Waals surface area (Å²) in [6.45, 7) is 0. The van der Waals surface area contributed by atoms with Crippen molar-refractivity contribution in [1.29, 1.82) is 0 Å². The van der Waals surface area contributed by atoms with Crippen LogP contribution in [0.15, 0.2) is 73.9 Å². The molecule has 0 saturated heterocycles. The van der Waals surface area contributed by atoms with Gasteiger partial charge in [-0.15, -0.1) is 0 Å². The number of hydrogen-bond acceptors (Lipinski definition) is 7. The predicted octanol–water partition coefficient (Wildman–Crippen LogP) is 5.03. The summed E-state index contributed by atoms with van der Waals surface area (Å²) in [7, 11) is 0. The number of carbonyl (C=O) groups is 2. The first-order chi connectivity index (χ1) is 11.6. The van der Waals surface area contributed by atoms with Gasteiger partial charge in [0.25, 0.3) is 4.06 Å². The third-order valence-corrected chi connectivity index (χ3v) is 7.66. The molecule has 0 amide bonds. The van der Waals surface area contributed by atoms with Crippen molar-refractivity contribution in [2.24, 2.45) is 0 Å². The van der Waals surface area contributed by atoms with E-state index in [1.807, 2.05) is 12.1 Å². The van der Waals surface area contributed by atoms with Crippen molar-refractivity contribution in [3.05, 3.63) is 80.6 Å². The molecule has 7 heteroatoms. The van der Waals surface area contributed by atoms with E-state index in [2.05, 4.69) is 0 Å². The van der Waals surface area contributed by atoms with Gasteiger partial charge in [0.15, 0.2) is 0 Å². The zero-order chi connectivity index (χ0) is 16.9. The van der Waals surface area contributed by atoms with Crippen molar-refractivity contribution in [2.75, 3.05) is 0 Å². The molecule has 0 aliphatic heterocycles. The van der Waals surface area contributed by atoms with Gasteiger partial charge in [0, 0.05) is 11.1 Å². The number of benzene rings is 2. The fourth-order valence-corrected chi connectivity index (χ4v) is 6.52. The van der Waals surface area contributed by atoms with Crippen molar-refractivity contribution < 1.29 is 9.59 Å². The van der Waals surface area contributed by atoms with Crippen LogP contribution >= 0.6 is 46.2 Å². The molecule has 24 heavy (non-hydrogen) atoms. The fourth-order valence-electron chi connectivity index (χ4n) is 1.82. The number of carbonyl (C=O) groups excluding carboxylic acids is 2. The molecule has 3 nitrogen and oxygen atoms in total. The Morgan fingerprint density at radius 1 is 0.667 bits per heavy atom. The van der Waals surface area contributed by atoms with Gasteiger partial charge in [-0.2, -0.15) is 0 Å². The van der Waals surface area contributed by atoms with Crippen LogP contribution in [0, 0.1) is 0 Å². The van der Waals surface area contributed by atoms with Gasteiger partial charge in [-0.25, -0.2) is 0 Å². The second kappa shape index (κ2) is 7.94. The summed E-state index contributed by atoms with van der Waals surface area (Å²) in [6.07, 6.45) is 0. The van der Waals surface area contributed by atoms with Crippen LogP contribution in [0.25, 0.3) is 0 Å². The summed E-state index contributed by atoms with van der Waals surface area (Å²) < 4.78 is 1.03. The summed E-state index contributed by atoms with van der Waals surface area (Å²) in [5.41, 5.74) is 1.14. The highest BCUT2D eigenvalue weighted by molar-refractivity contribution is 8.18. The van der Waals surface area contributed by atoms with Crippen LogP contribution in [-0.2, 0) is 0 Å². The van der Waals surface area contributed by atoms with Gasteiger partial charge in [0.2, 0.25) is 10.2 Å². The molecule has 1 heterocycles. The molecule has 3 aromatic rings. The van der Waals surface area contributed by atoms with Crippen molar-refractivity contribution in [3.8, 4) is 0 Å². The highest BCUT2D eigenvalue weighted by atomic mass is 32.2. The molecule has 1 aromatic heterocycles. The van der Waals surface area contributed by atoms with Crippen molar-refractivity contribution >= 4 is 56.4 Å². The lowest BCUT2D eigenvalue weighted by atomic mass is 10.2. The van der Waals surface area contributed by atoms with Crippen LogP contribution in [0.3, 0.4) is 0 Å². The van der Waals surface area contributed by atoms with Crippen molar-refractivity contribution in [2.45, 2.75) is 8.42 Å². The second-order valence-corrected chi connectivity index (χ2v) is 9.25. The van der Waals surface area contributed by atoms with Gasteiger partial charge in [-0.3, -0.25) is 14.4 Å². The molecule has 0 fully saturated rings. The topological polar surface area (TPSA) is 51.2 Å². The average molecular weight is 391 g/mol. The summed E-state index contributed by atoms with van der Waals surface area (Å²) in [5.74, 6) is 0. The Hall–Kier alpha value is -1.67. The zero-order valence-electron chi connectivity index (χ0n) is 12.1. The third kappa shape index (κ3) is 4.24. The lowest BCUT2D eigenvalue weighted by molar-refractivity contribution is 0.108. The van der Waals surface area contributed by atoms with Crippen molar-refractivity contribution in [1.82, 2.24) is 0 Å². The molecule has 0 saturated carbocycles. The van der Waals surface area contributed by atoms with Gasteiger partial charge in [0.05, 0.1) is 8.42 Å². The molecular formula is C17H10O3S4. The Kier molecular flexibility index (Phi) is 5.68. The molecule has 0 bridgehead atoms. The van der Waals surface area contributed by atoms with E-state index in [4.69, 9.17) is 0 Å². The summed E-state index contributed by atoms with van der Waals surface area (Å²) in [4.78, 5) is 36.4. The van der Waals surface area contributed by atoms with E-state index in [9.17, 15) is 14.4 Å². The minimum absolute atomic E-state index is 0.123. The van der Waals surface area contributed by atoms with Gasteiger partial charge in [0.1, 0.15) is 0 Å². The van der Waals surface area contributed by atoms with Gasteiger partial charge in [-0.1, -0.05) is 83.3 Å². The first kappa shape index (κ1) is 17.2. The van der Waals surface area contributed by atoms with Crippen LogP contribution in [0.4, 0.5) is 0 Å². The van der Waals surface area contributed by atoms with E-state index < -0.39 is 0 Å². The molecule has 120 valence electrons. The quantitative estimate of drug-likeness (QED) is 0.585. The molecule has 0 aliphatic carbocycles. The first-order valence-corrected chi connectivity index (χ1v) is 10.1. The number of rotatable bonds is 4. The smallest absolute Gasteiger partial charge is 0.281 e. The minimum Gasteiger partial charge on any atom is -0.281 e. The lowest BCUT2D eigenvalue weighted by Gasteiger charge is -2.02. The maximum atomic E-state index is 12.3. The molecule has 3 rings (SSSR count). The maximum absolute atomic E-state index is 12.3. The first-order valence-electron chi connectivity index (χ1n) is 6.82. The Morgan fingerprint density at radius 2 is 1.04 bits per heavy atom. The van der Waals surface area contributed by atoms with E-state index in [0.717, 1.165) is 46.2 Å². The molecule has 0 aliphatic rings. The lowest BCUT2D eigenvalue weighted by Crippen LogP contribution is -1.93. The summed E-state index contributed by atoms with van der Waals surface area (Å²) in [5, 5.41) is -0.280. The van der Waals surface area contributed by atoms with Crippen LogP contribution in [0.1, 0.15) is 20.7 Å². The van der Waals surface area contributed by atoms with Crippen LogP contribution < -0.4 is 4.06 Å². The highest BCUT2D eigenvalue weighted by Gasteiger charge is 2.19. The molecule has 2 aromatic carbocycles. The van der Waals surface area contributed by atoms with Crippen LogP contribution in [0.5, 0.6) is 0 Å². The molecule has 0 radical (unpaired) electrons. The predicted molar refractivity (Wildman–Crippen MR) is 102 cm³/mol. The normalized spacial score (nSPS) is 10.5. The summed E-state index contributed by atoms with van der Waals surface area (Å²) >= 11 is 4.01. The summed E-state index contributed by atoms with van der Waals surface area (Å²) in [6, 6.07) is 17.7. The van der Waals surface area contributed by atoms with Crippen molar-refractivity contribution in [3.63, 3.8) is 0 Å². The molecule has 0 unspecified atom stereocenters. The minimum atomic E-state index is -0.140. The van der Waals surface area contributed by atoms with E-state index in [0.29, 0.717) is 19.5 Å².